The van der Waals surface area contributed by atoms with Crippen molar-refractivity contribution in [3.63, 3.8) is 0 Å². The molecule has 1 aromatic rings. The van der Waals surface area contributed by atoms with Crippen molar-refractivity contribution in [3.05, 3.63) is 39.9 Å². The molecule has 1 aliphatic rings. The Morgan fingerprint density at radius 1 is 1.39 bits per heavy atom. The first-order valence-electron chi connectivity index (χ1n) is 5.63. The number of amides is 1. The van der Waals surface area contributed by atoms with Gasteiger partial charge in [-0.3, -0.25) is 4.79 Å². The number of carbonyl (C=O) groups is 1. The van der Waals surface area contributed by atoms with Crippen molar-refractivity contribution < 1.29 is 9.90 Å². The molecule has 0 radical (unpaired) electrons. The number of nitrogens with zero attached hydrogens (tertiary/aromatic N) is 1. The van der Waals surface area contributed by atoms with Crippen LogP contribution in [0.2, 0.25) is 10.0 Å². The second-order valence-corrected chi connectivity index (χ2v) is 5.11. The Kier molecular flexibility index (Phi) is 4.27. The van der Waals surface area contributed by atoms with E-state index in [1.54, 1.807) is 29.2 Å². The second kappa shape index (κ2) is 5.74. The van der Waals surface area contributed by atoms with Crippen molar-refractivity contribution in [1.29, 1.82) is 0 Å². The lowest BCUT2D eigenvalue weighted by Gasteiger charge is -2.37. The summed E-state index contributed by atoms with van der Waals surface area (Å²) in [6.45, 7) is 1.39. The Hall–Kier alpha value is -1.03. The monoisotopic (exact) mass is 285 g/mol. The molecule has 96 valence electrons. The molecule has 1 heterocycles. The number of hydrogen-bond donors (Lipinski definition) is 1. The quantitative estimate of drug-likeness (QED) is 0.867. The molecule has 1 saturated heterocycles. The third-order valence-electron chi connectivity index (χ3n) is 2.89. The standard InChI is InChI=1S/C13H13Cl2NO2/c14-11-3-1-9(5-12(11)15)2-4-13(18)16-6-10(7-16)8-17/h1-5,10,17H,6-8H2. The highest BCUT2D eigenvalue weighted by Gasteiger charge is 2.28. The highest BCUT2D eigenvalue weighted by Crippen LogP contribution is 2.23. The van der Waals surface area contributed by atoms with Gasteiger partial charge in [-0.25, -0.2) is 0 Å². The Morgan fingerprint density at radius 3 is 2.72 bits per heavy atom. The van der Waals surface area contributed by atoms with Gasteiger partial charge in [0.2, 0.25) is 5.91 Å². The van der Waals surface area contributed by atoms with E-state index in [1.165, 1.54) is 6.08 Å². The minimum Gasteiger partial charge on any atom is -0.396 e. The van der Waals surface area contributed by atoms with Gasteiger partial charge in [0.05, 0.1) is 10.0 Å². The van der Waals surface area contributed by atoms with Crippen molar-refractivity contribution in [2.45, 2.75) is 0 Å². The van der Waals surface area contributed by atoms with E-state index in [9.17, 15) is 4.79 Å². The maximum absolute atomic E-state index is 11.7. The van der Waals surface area contributed by atoms with Gasteiger partial charge in [0, 0.05) is 31.7 Å². The molecule has 0 unspecified atom stereocenters. The zero-order valence-corrected chi connectivity index (χ0v) is 11.2. The van der Waals surface area contributed by atoms with E-state index in [0.29, 0.717) is 23.1 Å². The Morgan fingerprint density at radius 2 is 2.11 bits per heavy atom. The number of carbonyl (C=O) groups excluding carboxylic acids is 1. The highest BCUT2D eigenvalue weighted by molar-refractivity contribution is 6.42. The van der Waals surface area contributed by atoms with E-state index >= 15 is 0 Å². The predicted molar refractivity (Wildman–Crippen MR) is 72.7 cm³/mol. The van der Waals surface area contributed by atoms with Crippen LogP contribution in [0.4, 0.5) is 0 Å². The van der Waals surface area contributed by atoms with E-state index in [-0.39, 0.29) is 18.4 Å². The maximum Gasteiger partial charge on any atom is 0.246 e. The largest absolute Gasteiger partial charge is 0.396 e. The summed E-state index contributed by atoms with van der Waals surface area (Å²) in [5.74, 6) is 0.179. The number of aliphatic hydroxyl groups excluding tert-OH is 1. The molecule has 5 heteroatoms. The van der Waals surface area contributed by atoms with Gasteiger partial charge in [0.1, 0.15) is 0 Å². The first kappa shape index (κ1) is 13.4. The number of halogens is 2. The van der Waals surface area contributed by atoms with Gasteiger partial charge in [-0.15, -0.1) is 0 Å². The molecule has 1 N–H and O–H groups in total. The van der Waals surface area contributed by atoms with E-state index in [0.717, 1.165) is 5.56 Å². The lowest BCUT2D eigenvalue weighted by molar-refractivity contribution is -0.132. The van der Waals surface area contributed by atoms with Crippen LogP contribution in [0.25, 0.3) is 6.08 Å². The summed E-state index contributed by atoms with van der Waals surface area (Å²) in [6, 6.07) is 5.20. The summed E-state index contributed by atoms with van der Waals surface area (Å²) in [6.07, 6.45) is 3.21. The van der Waals surface area contributed by atoms with E-state index in [1.807, 2.05) is 0 Å². The van der Waals surface area contributed by atoms with Gasteiger partial charge in [-0.1, -0.05) is 29.3 Å². The lowest BCUT2D eigenvalue weighted by Crippen LogP contribution is -2.50. The zero-order chi connectivity index (χ0) is 13.1. The van der Waals surface area contributed by atoms with Gasteiger partial charge < -0.3 is 10.0 Å². The third kappa shape index (κ3) is 3.05. The van der Waals surface area contributed by atoms with Crippen LogP contribution in [0.5, 0.6) is 0 Å². The molecule has 0 spiro atoms. The molecular formula is C13H13Cl2NO2. The molecule has 1 aliphatic heterocycles. The van der Waals surface area contributed by atoms with Gasteiger partial charge in [0.15, 0.2) is 0 Å². The van der Waals surface area contributed by atoms with E-state index in [2.05, 4.69) is 0 Å². The van der Waals surface area contributed by atoms with Crippen molar-refractivity contribution in [1.82, 2.24) is 4.90 Å². The van der Waals surface area contributed by atoms with Gasteiger partial charge >= 0.3 is 0 Å². The maximum atomic E-state index is 11.7. The van der Waals surface area contributed by atoms with Crippen molar-refractivity contribution in [2.24, 2.45) is 5.92 Å². The first-order valence-corrected chi connectivity index (χ1v) is 6.38. The van der Waals surface area contributed by atoms with Gasteiger partial charge in [-0.05, 0) is 23.8 Å². The van der Waals surface area contributed by atoms with Crippen molar-refractivity contribution in [3.8, 4) is 0 Å². The molecule has 0 bridgehead atoms. The fourth-order valence-electron chi connectivity index (χ4n) is 1.75. The average molecular weight is 286 g/mol. The molecule has 0 aromatic heterocycles. The molecule has 0 aliphatic carbocycles. The molecule has 1 fully saturated rings. The van der Waals surface area contributed by atoms with Crippen LogP contribution in [-0.2, 0) is 4.79 Å². The summed E-state index contributed by atoms with van der Waals surface area (Å²) in [5.41, 5.74) is 0.831. The number of benzene rings is 1. The summed E-state index contributed by atoms with van der Waals surface area (Å²) in [7, 11) is 0. The average Bonchev–Trinajstić information content (AvgIpc) is 2.29. The van der Waals surface area contributed by atoms with Crippen LogP contribution in [0, 0.1) is 5.92 Å². The topological polar surface area (TPSA) is 40.5 Å². The fraction of sp³-hybridized carbons (Fsp3) is 0.308. The fourth-order valence-corrected chi connectivity index (χ4v) is 2.06. The molecule has 3 nitrogen and oxygen atoms in total. The molecule has 2 rings (SSSR count). The molecule has 18 heavy (non-hydrogen) atoms. The Bertz CT molecular complexity index is 482. The summed E-state index contributed by atoms with van der Waals surface area (Å²) in [4.78, 5) is 13.4. The zero-order valence-electron chi connectivity index (χ0n) is 9.64. The van der Waals surface area contributed by atoms with Crippen LogP contribution in [-0.4, -0.2) is 35.6 Å². The second-order valence-electron chi connectivity index (χ2n) is 4.30. The molecule has 0 atom stereocenters. The Labute approximate surface area is 116 Å². The van der Waals surface area contributed by atoms with Crippen LogP contribution in [0.3, 0.4) is 0 Å². The van der Waals surface area contributed by atoms with Crippen LogP contribution < -0.4 is 0 Å². The predicted octanol–water partition coefficient (Wildman–Crippen LogP) is 2.46. The summed E-state index contributed by atoms with van der Waals surface area (Å²) in [5, 5.41) is 9.83. The molecule has 1 amide bonds. The van der Waals surface area contributed by atoms with Gasteiger partial charge in [-0.2, -0.15) is 0 Å². The highest BCUT2D eigenvalue weighted by atomic mass is 35.5. The molecule has 0 saturated carbocycles. The minimum absolute atomic E-state index is 0.0502. The number of likely N-dealkylation sites (tertiary alicyclic amines) is 1. The minimum atomic E-state index is -0.0502. The summed E-state index contributed by atoms with van der Waals surface area (Å²) < 4.78 is 0. The number of rotatable bonds is 3. The third-order valence-corrected chi connectivity index (χ3v) is 3.63. The van der Waals surface area contributed by atoms with Crippen LogP contribution >= 0.6 is 23.2 Å². The number of aliphatic hydroxyl groups is 1. The van der Waals surface area contributed by atoms with Crippen LogP contribution in [0.15, 0.2) is 24.3 Å². The first-order chi connectivity index (χ1) is 8.60. The normalized spacial score (nSPS) is 16.1. The molecule has 1 aromatic carbocycles. The van der Waals surface area contributed by atoms with Crippen LogP contribution in [0.1, 0.15) is 5.56 Å². The SMILES string of the molecule is O=C(C=Cc1ccc(Cl)c(Cl)c1)N1CC(CO)C1. The molecular weight excluding hydrogens is 273 g/mol. The van der Waals surface area contributed by atoms with Gasteiger partial charge in [0.25, 0.3) is 0 Å². The lowest BCUT2D eigenvalue weighted by atomic mass is 10.0. The van der Waals surface area contributed by atoms with E-state index < -0.39 is 0 Å². The van der Waals surface area contributed by atoms with Crippen molar-refractivity contribution >= 4 is 35.2 Å². The summed E-state index contributed by atoms with van der Waals surface area (Å²) >= 11 is 11.7. The smallest absolute Gasteiger partial charge is 0.246 e. The van der Waals surface area contributed by atoms with Crippen molar-refractivity contribution in [2.75, 3.05) is 19.7 Å². The number of hydrogen-bond acceptors (Lipinski definition) is 2. The van der Waals surface area contributed by atoms with E-state index in [4.69, 9.17) is 28.3 Å². The Balaban J connectivity index is 1.94.